The molecule has 0 bridgehead atoms. The lowest BCUT2D eigenvalue weighted by molar-refractivity contribution is 0.588. The van der Waals surface area contributed by atoms with Gasteiger partial charge in [-0.05, 0) is 24.3 Å². The average Bonchev–Trinajstić information content (AvgIpc) is 2.19. The Bertz CT molecular complexity index is 412. The SMILES string of the molecule is Nc1ccc(S(=O)(=O)C(CCl)CCl)cc1. The van der Waals surface area contributed by atoms with E-state index in [0.717, 1.165) is 0 Å². The van der Waals surface area contributed by atoms with Crippen LogP contribution in [-0.2, 0) is 9.84 Å². The first kappa shape index (κ1) is 12.6. The third kappa shape index (κ3) is 2.77. The molecule has 0 amide bonds. The van der Waals surface area contributed by atoms with Crippen LogP contribution in [-0.4, -0.2) is 25.4 Å². The highest BCUT2D eigenvalue weighted by Crippen LogP contribution is 2.19. The summed E-state index contributed by atoms with van der Waals surface area (Å²) in [4.78, 5) is 0.197. The van der Waals surface area contributed by atoms with Gasteiger partial charge in [0.2, 0.25) is 0 Å². The van der Waals surface area contributed by atoms with Crippen molar-refractivity contribution in [2.24, 2.45) is 0 Å². The maximum atomic E-state index is 11.9. The lowest BCUT2D eigenvalue weighted by Crippen LogP contribution is -2.24. The van der Waals surface area contributed by atoms with Crippen LogP contribution in [0.5, 0.6) is 0 Å². The van der Waals surface area contributed by atoms with Gasteiger partial charge in [-0.1, -0.05) is 0 Å². The molecule has 1 aromatic rings. The van der Waals surface area contributed by atoms with Gasteiger partial charge in [0.25, 0.3) is 0 Å². The van der Waals surface area contributed by atoms with Crippen LogP contribution in [0.4, 0.5) is 5.69 Å². The Kier molecular flexibility index (Phi) is 4.25. The van der Waals surface area contributed by atoms with Gasteiger partial charge in [-0.15, -0.1) is 23.2 Å². The first-order valence-electron chi connectivity index (χ1n) is 4.23. The number of hydrogen-bond acceptors (Lipinski definition) is 3. The van der Waals surface area contributed by atoms with Crippen molar-refractivity contribution >= 4 is 38.7 Å². The minimum absolute atomic E-state index is 0.0176. The first-order valence-corrected chi connectivity index (χ1v) is 6.85. The van der Waals surface area contributed by atoms with Gasteiger partial charge in [-0.3, -0.25) is 0 Å². The number of anilines is 1. The monoisotopic (exact) mass is 267 g/mol. The van der Waals surface area contributed by atoms with Crippen molar-refractivity contribution in [2.45, 2.75) is 10.1 Å². The Morgan fingerprint density at radius 3 is 2.00 bits per heavy atom. The zero-order chi connectivity index (χ0) is 11.5. The molecule has 0 radical (unpaired) electrons. The average molecular weight is 268 g/mol. The second-order valence-electron chi connectivity index (χ2n) is 3.04. The van der Waals surface area contributed by atoms with Crippen molar-refractivity contribution in [1.29, 1.82) is 0 Å². The van der Waals surface area contributed by atoms with Gasteiger partial charge in [0, 0.05) is 17.4 Å². The molecule has 0 saturated carbocycles. The third-order valence-corrected chi connectivity index (χ3v) is 5.24. The number of hydrogen-bond donors (Lipinski definition) is 1. The lowest BCUT2D eigenvalue weighted by Gasteiger charge is -2.11. The molecule has 1 aromatic carbocycles. The molecule has 3 nitrogen and oxygen atoms in total. The molecule has 0 aliphatic heterocycles. The number of rotatable bonds is 4. The van der Waals surface area contributed by atoms with Gasteiger partial charge in [0.05, 0.1) is 10.1 Å². The highest BCUT2D eigenvalue weighted by molar-refractivity contribution is 7.92. The van der Waals surface area contributed by atoms with Crippen molar-refractivity contribution in [2.75, 3.05) is 17.5 Å². The summed E-state index contributed by atoms with van der Waals surface area (Å²) in [5, 5.41) is -0.760. The maximum Gasteiger partial charge on any atom is 0.183 e. The van der Waals surface area contributed by atoms with Crippen molar-refractivity contribution in [3.63, 3.8) is 0 Å². The largest absolute Gasteiger partial charge is 0.399 e. The molecule has 0 spiro atoms. The van der Waals surface area contributed by atoms with E-state index in [1.807, 2.05) is 0 Å². The topological polar surface area (TPSA) is 60.2 Å². The second kappa shape index (κ2) is 5.05. The van der Waals surface area contributed by atoms with E-state index >= 15 is 0 Å². The molecular formula is C9H11Cl2NO2S. The molecule has 2 N–H and O–H groups in total. The predicted octanol–water partition coefficient (Wildman–Crippen LogP) is 1.89. The van der Waals surface area contributed by atoms with Crippen LogP contribution in [0.15, 0.2) is 29.2 Å². The van der Waals surface area contributed by atoms with E-state index in [4.69, 9.17) is 28.9 Å². The molecule has 0 fully saturated rings. The summed E-state index contributed by atoms with van der Waals surface area (Å²) in [5.41, 5.74) is 5.98. The fourth-order valence-corrected chi connectivity index (χ4v) is 3.61. The molecule has 0 aromatic heterocycles. The molecule has 0 aliphatic rings. The Balaban J connectivity index is 3.11. The number of halogens is 2. The van der Waals surface area contributed by atoms with Crippen LogP contribution in [0.25, 0.3) is 0 Å². The van der Waals surface area contributed by atoms with E-state index in [1.165, 1.54) is 24.3 Å². The van der Waals surface area contributed by atoms with E-state index in [9.17, 15) is 8.42 Å². The fraction of sp³-hybridized carbons (Fsp3) is 0.333. The summed E-state index contributed by atoms with van der Waals surface area (Å²) in [6.07, 6.45) is 0. The van der Waals surface area contributed by atoms with Crippen molar-refractivity contribution in [3.05, 3.63) is 24.3 Å². The summed E-state index contributed by atoms with van der Waals surface area (Å²) in [6, 6.07) is 5.98. The van der Waals surface area contributed by atoms with E-state index < -0.39 is 15.1 Å². The predicted molar refractivity (Wildman–Crippen MR) is 63.3 cm³/mol. The number of nitrogen functional groups attached to an aromatic ring is 1. The van der Waals surface area contributed by atoms with Crippen molar-refractivity contribution in [1.82, 2.24) is 0 Å². The Hall–Kier alpha value is -0.450. The van der Waals surface area contributed by atoms with Crippen LogP contribution in [0, 0.1) is 0 Å². The van der Waals surface area contributed by atoms with Gasteiger partial charge in [0.1, 0.15) is 0 Å². The molecule has 6 heteroatoms. The van der Waals surface area contributed by atoms with Crippen molar-refractivity contribution < 1.29 is 8.42 Å². The zero-order valence-corrected chi connectivity index (χ0v) is 10.2. The molecule has 0 heterocycles. The van der Waals surface area contributed by atoms with Crippen LogP contribution < -0.4 is 5.73 Å². The number of sulfone groups is 1. The Morgan fingerprint density at radius 2 is 1.60 bits per heavy atom. The molecule has 0 atom stereocenters. The van der Waals surface area contributed by atoms with Crippen LogP contribution in [0.3, 0.4) is 0 Å². The summed E-state index contributed by atoms with van der Waals surface area (Å²) in [5.74, 6) is -0.0353. The normalized spacial score (nSPS) is 11.9. The fourth-order valence-electron chi connectivity index (χ4n) is 1.06. The van der Waals surface area contributed by atoms with Gasteiger partial charge < -0.3 is 5.73 Å². The molecular weight excluding hydrogens is 257 g/mol. The van der Waals surface area contributed by atoms with Crippen LogP contribution >= 0.6 is 23.2 Å². The van der Waals surface area contributed by atoms with E-state index in [0.29, 0.717) is 5.69 Å². The van der Waals surface area contributed by atoms with Gasteiger partial charge in [0.15, 0.2) is 9.84 Å². The van der Waals surface area contributed by atoms with Gasteiger partial charge >= 0.3 is 0 Å². The smallest absolute Gasteiger partial charge is 0.183 e. The number of alkyl halides is 2. The van der Waals surface area contributed by atoms with Gasteiger partial charge in [-0.2, -0.15) is 0 Å². The summed E-state index contributed by atoms with van der Waals surface area (Å²) in [7, 11) is -3.44. The molecule has 15 heavy (non-hydrogen) atoms. The van der Waals surface area contributed by atoms with Crippen molar-refractivity contribution in [3.8, 4) is 0 Å². The summed E-state index contributed by atoms with van der Waals surface area (Å²) in [6.45, 7) is 0. The summed E-state index contributed by atoms with van der Waals surface area (Å²) < 4.78 is 23.8. The minimum Gasteiger partial charge on any atom is -0.399 e. The molecule has 0 unspecified atom stereocenters. The highest BCUT2D eigenvalue weighted by atomic mass is 35.5. The second-order valence-corrected chi connectivity index (χ2v) is 5.89. The van der Waals surface area contributed by atoms with Crippen LogP contribution in [0.2, 0.25) is 0 Å². The number of benzene rings is 1. The Labute approximate surface area is 99.1 Å². The molecule has 0 aliphatic carbocycles. The third-order valence-electron chi connectivity index (χ3n) is 1.99. The van der Waals surface area contributed by atoms with E-state index in [2.05, 4.69) is 0 Å². The van der Waals surface area contributed by atoms with E-state index in [1.54, 1.807) is 0 Å². The number of nitrogens with two attached hydrogens (primary N) is 1. The first-order chi connectivity index (χ1) is 7.02. The zero-order valence-electron chi connectivity index (χ0n) is 7.86. The van der Waals surface area contributed by atoms with Crippen LogP contribution in [0.1, 0.15) is 0 Å². The Morgan fingerprint density at radius 1 is 1.13 bits per heavy atom. The molecule has 84 valence electrons. The summed E-state index contributed by atoms with van der Waals surface area (Å²) >= 11 is 11.1. The lowest BCUT2D eigenvalue weighted by atomic mass is 10.3. The molecule has 0 saturated heterocycles. The molecule has 1 rings (SSSR count). The maximum absolute atomic E-state index is 11.9. The standard InChI is InChI=1S/C9H11Cl2NO2S/c10-5-9(6-11)15(13,14)8-3-1-7(12)2-4-8/h1-4,9H,5-6,12H2. The van der Waals surface area contributed by atoms with Gasteiger partial charge in [-0.25, -0.2) is 8.42 Å². The minimum atomic E-state index is -3.44. The highest BCUT2D eigenvalue weighted by Gasteiger charge is 2.25. The van der Waals surface area contributed by atoms with E-state index in [-0.39, 0.29) is 16.7 Å². The quantitative estimate of drug-likeness (QED) is 0.670.